The summed E-state index contributed by atoms with van der Waals surface area (Å²) in [5, 5.41) is 6.10. The Morgan fingerprint density at radius 1 is 1.19 bits per heavy atom. The predicted octanol–water partition coefficient (Wildman–Crippen LogP) is 6.27. The number of rotatable bonds is 4. The Morgan fingerprint density at radius 3 is 2.69 bits per heavy atom. The summed E-state index contributed by atoms with van der Waals surface area (Å²) in [7, 11) is 0. The minimum atomic E-state index is -0.805. The second-order valence-electron chi connectivity index (χ2n) is 8.07. The first-order valence-corrected chi connectivity index (χ1v) is 11.5. The number of furan rings is 1. The van der Waals surface area contributed by atoms with Gasteiger partial charge in [0.25, 0.3) is 5.91 Å². The molecule has 162 valence electrons. The van der Waals surface area contributed by atoms with Crippen molar-refractivity contribution in [3.05, 3.63) is 86.3 Å². The first kappa shape index (κ1) is 20.8. The second-order valence-corrected chi connectivity index (χ2v) is 9.54. The molecule has 0 saturated heterocycles. The number of carbonyl (C=O) groups is 2. The van der Waals surface area contributed by atoms with Crippen molar-refractivity contribution in [2.24, 2.45) is 0 Å². The van der Waals surface area contributed by atoms with Gasteiger partial charge in [-0.1, -0.05) is 29.8 Å². The molecule has 1 unspecified atom stereocenters. The number of Topliss-reactive ketones (excluding diaryl/α,β-unsaturated/α-hetero) is 1. The summed E-state index contributed by atoms with van der Waals surface area (Å²) in [6.45, 7) is 4.12. The SMILES string of the molecule is Cc1c(C(=O)NCc2cccs2)oc2ccc3c(c12)C(=O)CC(C)(c1ccc(Cl)cc1)O3. The Kier molecular flexibility index (Phi) is 5.07. The molecule has 1 aliphatic heterocycles. The summed E-state index contributed by atoms with van der Waals surface area (Å²) < 4.78 is 12.2. The molecule has 4 aromatic rings. The van der Waals surface area contributed by atoms with Gasteiger partial charge >= 0.3 is 0 Å². The van der Waals surface area contributed by atoms with E-state index in [9.17, 15) is 9.59 Å². The van der Waals surface area contributed by atoms with Crippen LogP contribution in [0.25, 0.3) is 11.0 Å². The van der Waals surface area contributed by atoms with E-state index in [4.69, 9.17) is 20.8 Å². The molecule has 32 heavy (non-hydrogen) atoms. The third-order valence-electron chi connectivity index (χ3n) is 5.83. The highest BCUT2D eigenvalue weighted by Crippen LogP contribution is 2.44. The molecule has 0 spiro atoms. The van der Waals surface area contributed by atoms with Crippen molar-refractivity contribution in [2.45, 2.75) is 32.4 Å². The van der Waals surface area contributed by atoms with Gasteiger partial charge in [-0.2, -0.15) is 0 Å². The van der Waals surface area contributed by atoms with Gasteiger partial charge in [0.15, 0.2) is 11.5 Å². The van der Waals surface area contributed by atoms with E-state index in [2.05, 4.69) is 5.32 Å². The Balaban J connectivity index is 1.51. The molecule has 5 nitrogen and oxygen atoms in total. The summed E-state index contributed by atoms with van der Waals surface area (Å²) in [6.07, 6.45) is 0.172. The maximum absolute atomic E-state index is 13.3. The highest BCUT2D eigenvalue weighted by molar-refractivity contribution is 7.09. The average molecular weight is 466 g/mol. The fourth-order valence-electron chi connectivity index (χ4n) is 4.20. The first-order valence-electron chi connectivity index (χ1n) is 10.2. The van der Waals surface area contributed by atoms with Gasteiger partial charge in [0.2, 0.25) is 0 Å². The number of halogens is 1. The molecule has 0 radical (unpaired) electrons. The molecule has 2 aromatic heterocycles. The van der Waals surface area contributed by atoms with E-state index < -0.39 is 5.60 Å². The summed E-state index contributed by atoms with van der Waals surface area (Å²) in [5.41, 5.74) is 1.66. The van der Waals surface area contributed by atoms with Gasteiger partial charge in [-0.05, 0) is 55.1 Å². The van der Waals surface area contributed by atoms with Gasteiger partial charge < -0.3 is 14.5 Å². The largest absolute Gasteiger partial charge is 0.482 e. The van der Waals surface area contributed by atoms with Gasteiger partial charge in [-0.15, -0.1) is 11.3 Å². The fourth-order valence-corrected chi connectivity index (χ4v) is 4.97. The van der Waals surface area contributed by atoms with Gasteiger partial charge in [-0.25, -0.2) is 0 Å². The third kappa shape index (κ3) is 3.49. The number of hydrogen-bond acceptors (Lipinski definition) is 5. The summed E-state index contributed by atoms with van der Waals surface area (Å²) in [6, 6.07) is 14.7. The highest BCUT2D eigenvalue weighted by atomic mass is 35.5. The molecule has 7 heteroatoms. The standard InChI is InChI=1S/C25H20ClNO4S/c1-14-21-19(30-23(14)24(29)27-13-17-4-3-11-32-17)9-10-20-22(21)18(28)12-25(2,31-20)15-5-7-16(26)8-6-15/h3-11H,12-13H2,1-2H3,(H,27,29). The number of hydrogen-bond donors (Lipinski definition) is 1. The lowest BCUT2D eigenvalue weighted by Crippen LogP contribution is -2.36. The molecule has 1 amide bonds. The Labute approximate surface area is 194 Å². The maximum Gasteiger partial charge on any atom is 0.287 e. The van der Waals surface area contributed by atoms with E-state index in [-0.39, 0.29) is 23.9 Å². The second kappa shape index (κ2) is 7.80. The van der Waals surface area contributed by atoms with Crippen molar-refractivity contribution < 1.29 is 18.7 Å². The molecule has 0 saturated carbocycles. The minimum Gasteiger partial charge on any atom is -0.482 e. The number of fused-ring (bicyclic) bond motifs is 3. The van der Waals surface area contributed by atoms with Crippen LogP contribution in [0, 0.1) is 6.92 Å². The number of ether oxygens (including phenoxy) is 1. The van der Waals surface area contributed by atoms with Gasteiger partial charge in [-0.3, -0.25) is 9.59 Å². The van der Waals surface area contributed by atoms with Crippen LogP contribution in [0.1, 0.15) is 50.3 Å². The van der Waals surface area contributed by atoms with E-state index in [1.165, 1.54) is 0 Å². The van der Waals surface area contributed by atoms with Crippen LogP contribution in [-0.2, 0) is 12.1 Å². The predicted molar refractivity (Wildman–Crippen MR) is 125 cm³/mol. The number of carbonyl (C=O) groups excluding carboxylic acids is 2. The van der Waals surface area contributed by atoms with Crippen LogP contribution in [0.15, 0.2) is 58.3 Å². The molecule has 1 atom stereocenters. The summed E-state index contributed by atoms with van der Waals surface area (Å²) in [4.78, 5) is 27.1. The van der Waals surface area contributed by atoms with Crippen LogP contribution < -0.4 is 10.1 Å². The number of thiophene rings is 1. The Morgan fingerprint density at radius 2 is 1.97 bits per heavy atom. The third-order valence-corrected chi connectivity index (χ3v) is 6.96. The van der Waals surface area contributed by atoms with E-state index in [0.29, 0.717) is 39.4 Å². The first-order chi connectivity index (χ1) is 15.4. The van der Waals surface area contributed by atoms with E-state index in [1.54, 1.807) is 42.5 Å². The lowest BCUT2D eigenvalue weighted by molar-refractivity contribution is 0.0507. The number of benzene rings is 2. The van der Waals surface area contributed by atoms with Crippen LogP contribution >= 0.6 is 22.9 Å². The Bertz CT molecular complexity index is 1340. The van der Waals surface area contributed by atoms with E-state index >= 15 is 0 Å². The maximum atomic E-state index is 13.3. The Hall–Kier alpha value is -3.09. The molecule has 0 aliphatic carbocycles. The molecule has 2 aromatic carbocycles. The molecule has 1 N–H and O–H groups in total. The lowest BCUT2D eigenvalue weighted by Gasteiger charge is -2.35. The van der Waals surface area contributed by atoms with Crippen molar-refractivity contribution in [2.75, 3.05) is 0 Å². The van der Waals surface area contributed by atoms with E-state index in [1.807, 2.05) is 36.6 Å². The van der Waals surface area contributed by atoms with Crippen molar-refractivity contribution in [1.29, 1.82) is 0 Å². The quantitative estimate of drug-likeness (QED) is 0.386. The van der Waals surface area contributed by atoms with Crippen molar-refractivity contribution in [3.63, 3.8) is 0 Å². The van der Waals surface area contributed by atoms with Crippen molar-refractivity contribution in [3.8, 4) is 5.75 Å². The topological polar surface area (TPSA) is 68.5 Å². The zero-order chi connectivity index (χ0) is 22.5. The van der Waals surface area contributed by atoms with Crippen LogP contribution in [0.4, 0.5) is 0 Å². The molecule has 3 heterocycles. The molecule has 0 bridgehead atoms. The van der Waals surface area contributed by atoms with Crippen LogP contribution in [0.2, 0.25) is 5.02 Å². The smallest absolute Gasteiger partial charge is 0.287 e. The van der Waals surface area contributed by atoms with Crippen LogP contribution in [0.3, 0.4) is 0 Å². The van der Waals surface area contributed by atoms with E-state index in [0.717, 1.165) is 10.4 Å². The van der Waals surface area contributed by atoms with Crippen molar-refractivity contribution in [1.82, 2.24) is 5.32 Å². The van der Waals surface area contributed by atoms with Crippen molar-refractivity contribution >= 4 is 45.6 Å². The molecule has 0 fully saturated rings. The molecular weight excluding hydrogens is 446 g/mol. The summed E-state index contributed by atoms with van der Waals surface area (Å²) >= 11 is 7.59. The minimum absolute atomic E-state index is 0.0521. The van der Waals surface area contributed by atoms with Gasteiger partial charge in [0, 0.05) is 20.8 Å². The van der Waals surface area contributed by atoms with Gasteiger partial charge in [0.05, 0.1) is 18.5 Å². The van der Waals surface area contributed by atoms with Gasteiger partial charge in [0.1, 0.15) is 16.9 Å². The summed E-state index contributed by atoms with van der Waals surface area (Å²) in [5.74, 6) is 0.337. The van der Waals surface area contributed by atoms with Crippen LogP contribution in [-0.4, -0.2) is 11.7 Å². The zero-order valence-corrected chi connectivity index (χ0v) is 19.1. The fraction of sp³-hybridized carbons (Fsp3) is 0.200. The number of aryl methyl sites for hydroxylation is 1. The molecule has 1 aliphatic rings. The molecule has 5 rings (SSSR count). The number of ketones is 1. The normalized spacial score (nSPS) is 17.8. The zero-order valence-electron chi connectivity index (χ0n) is 17.5. The number of nitrogens with one attached hydrogen (secondary N) is 1. The molecular formula is C25H20ClNO4S. The lowest BCUT2D eigenvalue weighted by atomic mass is 9.84. The highest BCUT2D eigenvalue weighted by Gasteiger charge is 2.40. The number of amides is 1. The van der Waals surface area contributed by atoms with Crippen LogP contribution in [0.5, 0.6) is 5.75 Å². The monoisotopic (exact) mass is 465 g/mol. The average Bonchev–Trinajstić information content (AvgIpc) is 3.40.